The maximum Gasteiger partial charge on any atom is 0.233 e. The van der Waals surface area contributed by atoms with Gasteiger partial charge in [0.05, 0.1) is 21.2 Å². The molecule has 0 spiro atoms. The van der Waals surface area contributed by atoms with Crippen molar-refractivity contribution in [1.29, 1.82) is 0 Å². The molecule has 4 rings (SSSR count). The predicted octanol–water partition coefficient (Wildman–Crippen LogP) is 4.74. The van der Waals surface area contributed by atoms with E-state index in [-0.39, 0.29) is 11.2 Å². The molecule has 1 saturated carbocycles. The lowest BCUT2D eigenvalue weighted by atomic mass is 10.2. The fourth-order valence-corrected chi connectivity index (χ4v) is 6.42. The number of nitrogens with zero attached hydrogens (tertiary/aromatic N) is 4. The summed E-state index contributed by atoms with van der Waals surface area (Å²) in [4.78, 5) is 17.2. The highest BCUT2D eigenvalue weighted by Gasteiger charge is 2.23. The first-order valence-corrected chi connectivity index (χ1v) is 12.7. The van der Waals surface area contributed by atoms with E-state index in [9.17, 15) is 4.79 Å². The van der Waals surface area contributed by atoms with Gasteiger partial charge in [0.15, 0.2) is 9.50 Å². The van der Waals surface area contributed by atoms with Crippen LogP contribution < -0.4 is 5.32 Å². The number of rotatable bonds is 8. The molecule has 154 valence electrons. The minimum atomic E-state index is -0.185. The van der Waals surface area contributed by atoms with Crippen LogP contribution in [0.2, 0.25) is 0 Å². The molecule has 0 saturated heterocycles. The number of amides is 1. The molecule has 2 aromatic heterocycles. The summed E-state index contributed by atoms with van der Waals surface area (Å²) in [6.07, 6.45) is 4.63. The van der Waals surface area contributed by atoms with Gasteiger partial charge in [0.1, 0.15) is 5.82 Å². The molecule has 1 fully saturated rings. The SMILES string of the molecule is CCn1c(CSc2nc3ccccc3s2)nnc1SC(C)C(=O)NC1CCCC1. The number of thioether (sulfide) groups is 2. The van der Waals surface area contributed by atoms with Crippen LogP contribution in [-0.4, -0.2) is 36.9 Å². The number of carbonyl (C=O) groups excluding carboxylic acids is 1. The lowest BCUT2D eigenvalue weighted by Crippen LogP contribution is -2.37. The predicted molar refractivity (Wildman–Crippen MR) is 121 cm³/mol. The molecule has 0 bridgehead atoms. The zero-order valence-corrected chi connectivity index (χ0v) is 19.1. The average molecular weight is 448 g/mol. The van der Waals surface area contributed by atoms with Gasteiger partial charge in [0.25, 0.3) is 0 Å². The van der Waals surface area contributed by atoms with Crippen LogP contribution in [-0.2, 0) is 17.1 Å². The van der Waals surface area contributed by atoms with Crippen molar-refractivity contribution in [2.45, 2.75) is 72.6 Å². The van der Waals surface area contributed by atoms with E-state index in [1.807, 2.05) is 25.1 Å². The molecule has 2 heterocycles. The summed E-state index contributed by atoms with van der Waals surface area (Å²) in [6, 6.07) is 8.53. The number of aromatic nitrogens is 4. The number of hydrogen-bond donors (Lipinski definition) is 1. The molecular formula is C20H25N5OS3. The van der Waals surface area contributed by atoms with Crippen LogP contribution in [0.25, 0.3) is 10.2 Å². The Bertz CT molecular complexity index is 947. The molecule has 1 aliphatic rings. The van der Waals surface area contributed by atoms with Crippen molar-refractivity contribution >= 4 is 51.0 Å². The number of hydrogen-bond acceptors (Lipinski definition) is 7. The van der Waals surface area contributed by atoms with E-state index in [0.29, 0.717) is 11.8 Å². The third-order valence-electron chi connectivity index (χ3n) is 5.06. The largest absolute Gasteiger partial charge is 0.352 e. The van der Waals surface area contributed by atoms with Crippen LogP contribution in [0.4, 0.5) is 0 Å². The molecule has 1 amide bonds. The van der Waals surface area contributed by atoms with Gasteiger partial charge >= 0.3 is 0 Å². The van der Waals surface area contributed by atoms with Gasteiger partial charge in [-0.1, -0.05) is 48.5 Å². The Balaban J connectivity index is 1.38. The number of nitrogens with one attached hydrogen (secondary N) is 1. The molecule has 1 N–H and O–H groups in total. The highest BCUT2D eigenvalue weighted by Crippen LogP contribution is 2.32. The fourth-order valence-electron chi connectivity index (χ4n) is 3.47. The second-order valence-corrected chi connectivity index (χ2v) is 10.7. The molecule has 3 aromatic rings. The minimum Gasteiger partial charge on any atom is -0.352 e. The monoisotopic (exact) mass is 447 g/mol. The highest BCUT2D eigenvalue weighted by molar-refractivity contribution is 8.00. The molecule has 6 nitrogen and oxygen atoms in total. The lowest BCUT2D eigenvalue weighted by molar-refractivity contribution is -0.120. The molecule has 9 heteroatoms. The maximum atomic E-state index is 12.5. The van der Waals surface area contributed by atoms with E-state index in [4.69, 9.17) is 0 Å². The van der Waals surface area contributed by atoms with Crippen LogP contribution in [0.3, 0.4) is 0 Å². The third-order valence-corrected chi connectivity index (χ3v) is 8.32. The smallest absolute Gasteiger partial charge is 0.233 e. The van der Waals surface area contributed by atoms with Crippen molar-refractivity contribution in [3.8, 4) is 0 Å². The number of carbonyl (C=O) groups is 1. The van der Waals surface area contributed by atoms with Crippen LogP contribution in [0.5, 0.6) is 0 Å². The Morgan fingerprint density at radius 2 is 2.10 bits per heavy atom. The van der Waals surface area contributed by atoms with E-state index < -0.39 is 0 Å². The second kappa shape index (κ2) is 9.49. The fraction of sp³-hybridized carbons (Fsp3) is 0.500. The average Bonchev–Trinajstić information content (AvgIpc) is 3.45. The molecule has 1 atom stereocenters. The normalized spacial score (nSPS) is 15.8. The molecule has 1 unspecified atom stereocenters. The number of para-hydroxylation sites is 1. The van der Waals surface area contributed by atoms with Gasteiger partial charge in [-0.25, -0.2) is 4.98 Å². The van der Waals surface area contributed by atoms with Crippen molar-refractivity contribution in [3.05, 3.63) is 30.1 Å². The van der Waals surface area contributed by atoms with Crippen molar-refractivity contribution < 1.29 is 4.79 Å². The Kier molecular flexibility index (Phi) is 6.77. The number of fused-ring (bicyclic) bond motifs is 1. The van der Waals surface area contributed by atoms with E-state index in [1.54, 1.807) is 23.1 Å². The molecule has 29 heavy (non-hydrogen) atoms. The van der Waals surface area contributed by atoms with Gasteiger partial charge in [-0.15, -0.1) is 21.5 Å². The summed E-state index contributed by atoms with van der Waals surface area (Å²) >= 11 is 4.87. The van der Waals surface area contributed by atoms with E-state index in [0.717, 1.165) is 40.2 Å². The maximum absolute atomic E-state index is 12.5. The summed E-state index contributed by atoms with van der Waals surface area (Å²) < 4.78 is 4.34. The first-order chi connectivity index (χ1) is 14.1. The Labute approximate surface area is 183 Å². The van der Waals surface area contributed by atoms with Crippen molar-refractivity contribution in [3.63, 3.8) is 0 Å². The molecule has 1 aromatic carbocycles. The highest BCUT2D eigenvalue weighted by atomic mass is 32.2. The van der Waals surface area contributed by atoms with Gasteiger partial charge in [0, 0.05) is 12.6 Å². The van der Waals surface area contributed by atoms with Crippen molar-refractivity contribution in [2.24, 2.45) is 0 Å². The second-order valence-electron chi connectivity index (χ2n) is 7.13. The van der Waals surface area contributed by atoms with Crippen LogP contribution in [0.1, 0.15) is 45.4 Å². The van der Waals surface area contributed by atoms with Crippen LogP contribution in [0, 0.1) is 0 Å². The van der Waals surface area contributed by atoms with E-state index in [2.05, 4.69) is 38.1 Å². The Morgan fingerprint density at radius 3 is 2.86 bits per heavy atom. The van der Waals surface area contributed by atoms with Crippen LogP contribution in [0.15, 0.2) is 33.8 Å². The third kappa shape index (κ3) is 4.95. The summed E-state index contributed by atoms with van der Waals surface area (Å²) in [7, 11) is 0. The summed E-state index contributed by atoms with van der Waals surface area (Å²) in [5.41, 5.74) is 1.04. The number of benzene rings is 1. The van der Waals surface area contributed by atoms with Gasteiger partial charge in [-0.3, -0.25) is 4.79 Å². The van der Waals surface area contributed by atoms with Gasteiger partial charge < -0.3 is 9.88 Å². The Morgan fingerprint density at radius 1 is 1.31 bits per heavy atom. The summed E-state index contributed by atoms with van der Waals surface area (Å²) in [5, 5.41) is 12.5. The van der Waals surface area contributed by atoms with Crippen LogP contribution >= 0.6 is 34.9 Å². The van der Waals surface area contributed by atoms with E-state index >= 15 is 0 Å². The molecule has 0 aliphatic heterocycles. The zero-order valence-electron chi connectivity index (χ0n) is 16.6. The molecule has 1 aliphatic carbocycles. The standard InChI is InChI=1S/C20H25N5OS3/c1-3-25-17(12-27-20-22-15-10-6-7-11-16(15)29-20)23-24-19(25)28-13(2)18(26)21-14-8-4-5-9-14/h6-7,10-11,13-14H,3-5,8-9,12H2,1-2H3,(H,21,26). The van der Waals surface area contributed by atoms with Gasteiger partial charge in [-0.05, 0) is 38.8 Å². The summed E-state index contributed by atoms with van der Waals surface area (Å²) in [5.74, 6) is 1.73. The van der Waals surface area contributed by atoms with Crippen molar-refractivity contribution in [1.82, 2.24) is 25.1 Å². The first kappa shape index (κ1) is 20.7. The topological polar surface area (TPSA) is 72.7 Å². The first-order valence-electron chi connectivity index (χ1n) is 10.0. The zero-order chi connectivity index (χ0) is 20.2. The lowest BCUT2D eigenvalue weighted by Gasteiger charge is -2.16. The minimum absolute atomic E-state index is 0.0953. The Hall–Kier alpha value is -1.58. The van der Waals surface area contributed by atoms with E-state index in [1.165, 1.54) is 29.3 Å². The van der Waals surface area contributed by atoms with Gasteiger partial charge in [0.2, 0.25) is 5.91 Å². The van der Waals surface area contributed by atoms with Crippen molar-refractivity contribution in [2.75, 3.05) is 0 Å². The summed E-state index contributed by atoms with van der Waals surface area (Å²) in [6.45, 7) is 4.81. The molecular weight excluding hydrogens is 422 g/mol. The number of thiazole rings is 1. The molecule has 0 radical (unpaired) electrons. The van der Waals surface area contributed by atoms with Gasteiger partial charge in [-0.2, -0.15) is 0 Å². The quantitative estimate of drug-likeness (QED) is 0.503.